The number of nitrogens with one attached hydrogen (secondary N) is 2. The molecule has 0 aliphatic heterocycles. The minimum atomic E-state index is -4.52. The van der Waals surface area contributed by atoms with E-state index in [-0.39, 0.29) is 33.9 Å². The van der Waals surface area contributed by atoms with Gasteiger partial charge in [0.1, 0.15) is 21.1 Å². The molecule has 2 aromatic rings. The average molecular weight is 569 g/mol. The van der Waals surface area contributed by atoms with Crippen LogP contribution >= 0.6 is 23.2 Å². The number of allylic oxidation sites excluding steroid dienone is 4. The van der Waals surface area contributed by atoms with Crippen molar-refractivity contribution in [2.45, 2.75) is 47.9 Å². The third kappa shape index (κ3) is 3.59. The van der Waals surface area contributed by atoms with Gasteiger partial charge in [0.2, 0.25) is 0 Å². The Kier molecular flexibility index (Phi) is 6.46. The number of rotatable bonds is 6. The van der Waals surface area contributed by atoms with Crippen LogP contribution in [0.3, 0.4) is 0 Å². The number of hydrogen-bond donors (Lipinski definition) is 2. The van der Waals surface area contributed by atoms with Crippen LogP contribution in [0.2, 0.25) is 0 Å². The normalized spacial score (nSPS) is 28.7. The van der Waals surface area contributed by atoms with E-state index in [9.17, 15) is 28.6 Å². The van der Waals surface area contributed by atoms with Gasteiger partial charge in [-0.2, -0.15) is 0 Å². The molecule has 4 atom stereocenters. The Bertz CT molecular complexity index is 1420. The number of nitro groups is 2. The zero-order valence-electron chi connectivity index (χ0n) is 20.0. The Morgan fingerprint density at radius 3 is 1.46 bits per heavy atom. The van der Waals surface area contributed by atoms with E-state index < -0.39 is 51.3 Å². The summed E-state index contributed by atoms with van der Waals surface area (Å²) in [5.41, 5.74) is -0.655. The first-order valence-electron chi connectivity index (χ1n) is 10.9. The molecule has 0 saturated heterocycles. The van der Waals surface area contributed by atoms with E-state index in [0.29, 0.717) is 0 Å². The molecule has 0 saturated carbocycles. The molecule has 196 valence electrons. The quantitative estimate of drug-likeness (QED) is 0.299. The Labute approximate surface area is 221 Å². The molecule has 0 bridgehead atoms. The van der Waals surface area contributed by atoms with E-state index in [4.69, 9.17) is 23.2 Å². The molecule has 37 heavy (non-hydrogen) atoms. The van der Waals surface area contributed by atoms with E-state index in [2.05, 4.69) is 19.9 Å². The standard InChI is InChI=1S/C22H22Cl2N6O6S/c1-11-17(19-25-5-6-26-19)13(29(31)32)9-15(23)21(11,3)37(35,36)22(4)12(2)18(20-27-7-8-28-20)14(30(33)34)10-16(22)24/h5-10,15-16H,1-4H3,(H,25,26)(H,27,28)/t15-,16-,21-,22+/m0/s1. The summed E-state index contributed by atoms with van der Waals surface area (Å²) in [6.45, 7) is 5.63. The van der Waals surface area contributed by atoms with E-state index in [1.807, 2.05) is 0 Å². The van der Waals surface area contributed by atoms with Crippen molar-refractivity contribution in [1.29, 1.82) is 0 Å². The Morgan fingerprint density at radius 1 is 0.838 bits per heavy atom. The third-order valence-corrected chi connectivity index (χ3v) is 12.1. The molecule has 12 nitrogen and oxygen atoms in total. The van der Waals surface area contributed by atoms with Gasteiger partial charge in [-0.05, 0) is 38.8 Å². The Morgan fingerprint density at radius 2 is 1.19 bits per heavy atom. The number of aromatic nitrogens is 4. The van der Waals surface area contributed by atoms with Gasteiger partial charge in [0.15, 0.2) is 9.84 Å². The summed E-state index contributed by atoms with van der Waals surface area (Å²) in [6.07, 6.45) is 7.82. The van der Waals surface area contributed by atoms with Gasteiger partial charge in [0.05, 0.1) is 31.7 Å². The van der Waals surface area contributed by atoms with Gasteiger partial charge in [-0.15, -0.1) is 23.2 Å². The lowest BCUT2D eigenvalue weighted by Gasteiger charge is -2.46. The van der Waals surface area contributed by atoms with E-state index in [0.717, 1.165) is 12.2 Å². The fourth-order valence-corrected chi connectivity index (χ4v) is 8.79. The summed E-state index contributed by atoms with van der Waals surface area (Å²) in [4.78, 5) is 36.3. The van der Waals surface area contributed by atoms with Crippen molar-refractivity contribution in [2.24, 2.45) is 0 Å². The van der Waals surface area contributed by atoms with Crippen molar-refractivity contribution >= 4 is 44.2 Å². The van der Waals surface area contributed by atoms with Gasteiger partial charge in [0.25, 0.3) is 11.4 Å². The summed E-state index contributed by atoms with van der Waals surface area (Å²) in [5.74, 6) is 0.196. The maximum Gasteiger partial charge on any atom is 0.277 e. The molecule has 0 fully saturated rings. The lowest BCUT2D eigenvalue weighted by atomic mass is 9.85. The predicted molar refractivity (Wildman–Crippen MR) is 138 cm³/mol. The smallest absolute Gasteiger partial charge is 0.277 e. The molecule has 0 aromatic carbocycles. The second-order valence-corrected chi connectivity index (χ2v) is 12.7. The van der Waals surface area contributed by atoms with Crippen LogP contribution in [0.5, 0.6) is 0 Å². The molecule has 0 spiro atoms. The van der Waals surface area contributed by atoms with Gasteiger partial charge in [-0.3, -0.25) is 20.2 Å². The molecule has 0 radical (unpaired) electrons. The van der Waals surface area contributed by atoms with Crippen LogP contribution in [0.15, 0.2) is 59.5 Å². The second-order valence-electron chi connectivity index (χ2n) is 9.01. The highest BCUT2D eigenvalue weighted by Crippen LogP contribution is 2.53. The Balaban J connectivity index is 2.03. The SMILES string of the molecule is CC1=C(c2ncc[nH]2)C([N+](=O)[O-])=C[C@H](Cl)[C@@]1(C)S(=O)(=O)[C@]1(C)C(C)=C(c2ncc[nH]2)C([N+](=O)[O-])=C[C@@H]1Cl. The summed E-state index contributed by atoms with van der Waals surface area (Å²) in [7, 11) is -4.52. The number of nitrogens with zero attached hydrogens (tertiary/aromatic N) is 4. The van der Waals surface area contributed by atoms with Crippen molar-refractivity contribution in [3.63, 3.8) is 0 Å². The minimum absolute atomic E-state index is 0.0158. The molecule has 15 heteroatoms. The molecule has 2 N–H and O–H groups in total. The first kappa shape index (κ1) is 26.8. The Hall–Kier alpha value is -3.29. The predicted octanol–water partition coefficient (Wildman–Crippen LogP) is 3.88. The number of aromatic amines is 2. The molecule has 2 aliphatic carbocycles. The number of alkyl halides is 2. The van der Waals surface area contributed by atoms with Crippen LogP contribution in [-0.4, -0.2) is 58.4 Å². The van der Waals surface area contributed by atoms with Crippen LogP contribution in [0.1, 0.15) is 39.3 Å². The van der Waals surface area contributed by atoms with Gasteiger partial charge in [-0.25, -0.2) is 18.4 Å². The lowest BCUT2D eigenvalue weighted by molar-refractivity contribution is -0.417. The van der Waals surface area contributed by atoms with Gasteiger partial charge in [0, 0.05) is 36.9 Å². The third-order valence-electron chi connectivity index (χ3n) is 7.39. The fourth-order valence-electron chi connectivity index (χ4n) is 4.90. The molecular formula is C22H22Cl2N6O6S. The summed E-state index contributed by atoms with van der Waals surface area (Å²) in [5, 5.41) is 21.0. The molecular weight excluding hydrogens is 547 g/mol. The maximum absolute atomic E-state index is 14.7. The first-order chi connectivity index (χ1) is 17.2. The summed E-state index contributed by atoms with van der Waals surface area (Å²) >= 11 is 13.3. The number of hydrogen-bond acceptors (Lipinski definition) is 8. The number of halogens is 2. The van der Waals surface area contributed by atoms with E-state index in [1.165, 1.54) is 52.5 Å². The second kappa shape index (κ2) is 8.92. The molecule has 2 aromatic heterocycles. The molecule has 2 heterocycles. The number of imidazole rings is 2. The molecule has 2 aliphatic rings. The van der Waals surface area contributed by atoms with Gasteiger partial charge < -0.3 is 9.97 Å². The number of sulfone groups is 1. The largest absolute Gasteiger partial charge is 0.344 e. The van der Waals surface area contributed by atoms with Crippen LogP contribution in [-0.2, 0) is 9.84 Å². The van der Waals surface area contributed by atoms with Crippen LogP contribution < -0.4 is 0 Å². The fraction of sp³-hybridized carbons (Fsp3) is 0.364. The van der Waals surface area contributed by atoms with Crippen LogP contribution in [0.4, 0.5) is 0 Å². The zero-order valence-corrected chi connectivity index (χ0v) is 22.3. The van der Waals surface area contributed by atoms with Gasteiger partial charge >= 0.3 is 0 Å². The maximum atomic E-state index is 14.7. The summed E-state index contributed by atoms with van der Waals surface area (Å²) < 4.78 is 25.6. The van der Waals surface area contributed by atoms with Crippen molar-refractivity contribution in [3.8, 4) is 0 Å². The topological polar surface area (TPSA) is 178 Å². The monoisotopic (exact) mass is 568 g/mol. The molecule has 4 rings (SSSR count). The molecule has 0 unspecified atom stereocenters. The highest BCUT2D eigenvalue weighted by Gasteiger charge is 2.63. The van der Waals surface area contributed by atoms with E-state index in [1.54, 1.807) is 0 Å². The van der Waals surface area contributed by atoms with E-state index >= 15 is 0 Å². The van der Waals surface area contributed by atoms with Gasteiger partial charge in [-0.1, -0.05) is 0 Å². The van der Waals surface area contributed by atoms with Crippen LogP contribution in [0, 0.1) is 20.2 Å². The van der Waals surface area contributed by atoms with Crippen molar-refractivity contribution in [3.05, 3.63) is 91.4 Å². The zero-order chi connectivity index (χ0) is 27.5. The molecule has 0 amide bonds. The minimum Gasteiger partial charge on any atom is -0.344 e. The van der Waals surface area contributed by atoms with Crippen LogP contribution in [0.25, 0.3) is 11.1 Å². The van der Waals surface area contributed by atoms with Crippen molar-refractivity contribution in [2.75, 3.05) is 0 Å². The summed E-state index contributed by atoms with van der Waals surface area (Å²) in [6, 6.07) is 0. The highest BCUT2D eigenvalue weighted by atomic mass is 35.5. The first-order valence-corrected chi connectivity index (χ1v) is 13.2. The van der Waals surface area contributed by atoms with Crippen molar-refractivity contribution in [1.82, 2.24) is 19.9 Å². The average Bonchev–Trinajstić information content (AvgIpc) is 3.54. The number of H-pyrrole nitrogens is 2. The highest BCUT2D eigenvalue weighted by molar-refractivity contribution is 7.94. The van der Waals surface area contributed by atoms with Crippen molar-refractivity contribution < 1.29 is 18.3 Å². The lowest BCUT2D eigenvalue weighted by Crippen LogP contribution is -2.59.